The number of hydrogen-bond donors (Lipinski definition) is 1. The van der Waals surface area contributed by atoms with E-state index >= 15 is 0 Å². The predicted molar refractivity (Wildman–Crippen MR) is 65.6 cm³/mol. The van der Waals surface area contributed by atoms with Crippen LogP contribution < -0.4 is 5.32 Å². The second kappa shape index (κ2) is 7.84. The Bertz CT molecular complexity index is 312. The zero-order chi connectivity index (χ0) is 12.5. The number of rotatable bonds is 8. The van der Waals surface area contributed by atoms with Gasteiger partial charge in [0.2, 0.25) is 0 Å². The molecule has 1 heterocycles. The van der Waals surface area contributed by atoms with E-state index in [2.05, 4.69) is 17.2 Å². The van der Waals surface area contributed by atoms with E-state index in [1.165, 1.54) is 7.11 Å². The van der Waals surface area contributed by atoms with Crippen LogP contribution in [0, 0.1) is 0 Å². The minimum atomic E-state index is -0.191. The summed E-state index contributed by atoms with van der Waals surface area (Å²) >= 11 is 0. The normalized spacial score (nSPS) is 12.4. The predicted octanol–water partition coefficient (Wildman–Crippen LogP) is 1.20. The lowest BCUT2D eigenvalue weighted by Gasteiger charge is -2.16. The van der Waals surface area contributed by atoms with E-state index in [4.69, 9.17) is 4.74 Å². The molecule has 1 rings (SSSR count). The van der Waals surface area contributed by atoms with Crippen molar-refractivity contribution in [3.05, 3.63) is 18.7 Å². The van der Waals surface area contributed by atoms with Crippen molar-refractivity contribution in [2.75, 3.05) is 13.7 Å². The van der Waals surface area contributed by atoms with Crippen LogP contribution in [0.4, 0.5) is 0 Å². The van der Waals surface area contributed by atoms with Crippen LogP contribution in [0.15, 0.2) is 18.7 Å². The minimum absolute atomic E-state index is 0.177. The van der Waals surface area contributed by atoms with Crippen molar-refractivity contribution in [1.29, 1.82) is 0 Å². The Morgan fingerprint density at radius 3 is 3.00 bits per heavy atom. The van der Waals surface area contributed by atoms with E-state index in [0.29, 0.717) is 0 Å². The highest BCUT2D eigenvalue weighted by molar-refractivity contribution is 5.75. The lowest BCUT2D eigenvalue weighted by Crippen LogP contribution is -2.39. The van der Waals surface area contributed by atoms with Gasteiger partial charge in [-0.05, 0) is 6.42 Å². The van der Waals surface area contributed by atoms with Gasteiger partial charge in [0, 0.05) is 25.5 Å². The molecule has 5 heteroatoms. The molecule has 0 fully saturated rings. The molecule has 0 aliphatic rings. The van der Waals surface area contributed by atoms with Crippen LogP contribution in [0.25, 0.3) is 0 Å². The maximum atomic E-state index is 11.5. The van der Waals surface area contributed by atoms with Crippen molar-refractivity contribution in [2.45, 2.75) is 38.8 Å². The molecule has 0 saturated heterocycles. The molecule has 0 amide bonds. The topological polar surface area (TPSA) is 56.2 Å². The number of ether oxygens (including phenoxy) is 1. The molecule has 0 radical (unpaired) electrons. The zero-order valence-electron chi connectivity index (χ0n) is 10.6. The third-order valence-electron chi connectivity index (χ3n) is 2.65. The number of esters is 1. The van der Waals surface area contributed by atoms with Crippen molar-refractivity contribution in [3.8, 4) is 0 Å². The van der Waals surface area contributed by atoms with E-state index in [1.807, 2.05) is 10.8 Å². The van der Waals surface area contributed by atoms with Gasteiger partial charge in [0.25, 0.3) is 0 Å². The smallest absolute Gasteiger partial charge is 0.322 e. The number of carbonyl (C=O) groups excluding carboxylic acids is 1. The van der Waals surface area contributed by atoms with Crippen molar-refractivity contribution < 1.29 is 9.53 Å². The Kier molecular flexibility index (Phi) is 6.32. The fourth-order valence-corrected chi connectivity index (χ4v) is 1.64. The summed E-state index contributed by atoms with van der Waals surface area (Å²) in [5.41, 5.74) is 0. The van der Waals surface area contributed by atoms with Crippen LogP contribution in [0.3, 0.4) is 0 Å². The molecule has 5 nitrogen and oxygen atoms in total. The lowest BCUT2D eigenvalue weighted by atomic mass is 10.1. The Morgan fingerprint density at radius 2 is 2.41 bits per heavy atom. The van der Waals surface area contributed by atoms with E-state index < -0.39 is 0 Å². The fraction of sp³-hybridized carbons (Fsp3) is 0.667. The summed E-state index contributed by atoms with van der Waals surface area (Å²) in [5, 5.41) is 3.22. The highest BCUT2D eigenvalue weighted by Gasteiger charge is 2.17. The van der Waals surface area contributed by atoms with Crippen LogP contribution in [0.1, 0.15) is 26.2 Å². The number of methoxy groups -OCH3 is 1. The first-order valence-electron chi connectivity index (χ1n) is 6.05. The number of carbonyl (C=O) groups is 1. The van der Waals surface area contributed by atoms with Crippen molar-refractivity contribution in [3.63, 3.8) is 0 Å². The Morgan fingerprint density at radius 1 is 1.59 bits per heavy atom. The first-order chi connectivity index (χ1) is 8.27. The zero-order valence-corrected chi connectivity index (χ0v) is 10.6. The first-order valence-corrected chi connectivity index (χ1v) is 6.05. The molecule has 1 N–H and O–H groups in total. The van der Waals surface area contributed by atoms with Crippen LogP contribution >= 0.6 is 0 Å². The van der Waals surface area contributed by atoms with Gasteiger partial charge in [0.05, 0.1) is 13.4 Å². The van der Waals surface area contributed by atoms with Crippen molar-refractivity contribution in [2.24, 2.45) is 0 Å². The maximum Gasteiger partial charge on any atom is 0.322 e. The largest absolute Gasteiger partial charge is 0.468 e. The number of imidazole rings is 1. The minimum Gasteiger partial charge on any atom is -0.468 e. The van der Waals surface area contributed by atoms with E-state index in [0.717, 1.165) is 32.4 Å². The molecule has 0 aliphatic heterocycles. The SMILES string of the molecule is CCCCC(NCCn1ccnc1)C(=O)OC. The standard InChI is InChI=1S/C12H21N3O2/c1-3-4-5-11(12(16)17-2)14-7-9-15-8-6-13-10-15/h6,8,10-11,14H,3-5,7,9H2,1-2H3. The molecular formula is C12H21N3O2. The molecule has 0 aliphatic carbocycles. The summed E-state index contributed by atoms with van der Waals surface area (Å²) in [5.74, 6) is -0.177. The number of nitrogens with one attached hydrogen (secondary N) is 1. The van der Waals surface area contributed by atoms with Gasteiger partial charge >= 0.3 is 5.97 Å². The monoisotopic (exact) mass is 239 g/mol. The van der Waals surface area contributed by atoms with E-state index in [-0.39, 0.29) is 12.0 Å². The first kappa shape index (κ1) is 13.7. The van der Waals surface area contributed by atoms with Gasteiger partial charge in [-0.15, -0.1) is 0 Å². The summed E-state index contributed by atoms with van der Waals surface area (Å²) in [6, 6.07) is -0.191. The highest BCUT2D eigenvalue weighted by atomic mass is 16.5. The molecule has 1 atom stereocenters. The Balaban J connectivity index is 2.30. The third-order valence-corrected chi connectivity index (χ3v) is 2.65. The number of nitrogens with zero attached hydrogens (tertiary/aromatic N) is 2. The lowest BCUT2D eigenvalue weighted by molar-refractivity contribution is -0.143. The average Bonchev–Trinajstić information content (AvgIpc) is 2.85. The van der Waals surface area contributed by atoms with Gasteiger partial charge < -0.3 is 14.6 Å². The van der Waals surface area contributed by atoms with Crippen molar-refractivity contribution >= 4 is 5.97 Å². The molecular weight excluding hydrogens is 218 g/mol. The molecule has 0 saturated carbocycles. The fourth-order valence-electron chi connectivity index (χ4n) is 1.64. The second-order valence-corrected chi connectivity index (χ2v) is 3.97. The average molecular weight is 239 g/mol. The summed E-state index contributed by atoms with van der Waals surface area (Å²) in [6.45, 7) is 3.65. The summed E-state index contributed by atoms with van der Waals surface area (Å²) < 4.78 is 6.75. The highest BCUT2D eigenvalue weighted by Crippen LogP contribution is 2.02. The molecule has 0 aromatic carbocycles. The molecule has 0 spiro atoms. The molecule has 0 bridgehead atoms. The van der Waals surface area contributed by atoms with Gasteiger partial charge in [-0.3, -0.25) is 4.79 Å². The quantitative estimate of drug-likeness (QED) is 0.693. The Hall–Kier alpha value is -1.36. The van der Waals surface area contributed by atoms with Crippen LogP contribution in [-0.4, -0.2) is 35.2 Å². The third kappa shape index (κ3) is 4.99. The number of aromatic nitrogens is 2. The van der Waals surface area contributed by atoms with E-state index in [1.54, 1.807) is 12.5 Å². The van der Waals surface area contributed by atoms with Gasteiger partial charge in [0.15, 0.2) is 0 Å². The molecule has 1 aromatic heterocycles. The number of hydrogen-bond acceptors (Lipinski definition) is 4. The summed E-state index contributed by atoms with van der Waals surface area (Å²) in [4.78, 5) is 15.5. The van der Waals surface area contributed by atoms with Gasteiger partial charge in [-0.1, -0.05) is 19.8 Å². The number of unbranched alkanes of at least 4 members (excludes halogenated alkanes) is 1. The molecule has 1 unspecified atom stereocenters. The molecule has 96 valence electrons. The maximum absolute atomic E-state index is 11.5. The van der Waals surface area contributed by atoms with Crippen LogP contribution in [0.5, 0.6) is 0 Å². The van der Waals surface area contributed by atoms with Gasteiger partial charge in [-0.2, -0.15) is 0 Å². The molecule has 1 aromatic rings. The van der Waals surface area contributed by atoms with Crippen LogP contribution in [-0.2, 0) is 16.1 Å². The second-order valence-electron chi connectivity index (χ2n) is 3.97. The van der Waals surface area contributed by atoms with Gasteiger partial charge in [-0.25, -0.2) is 4.98 Å². The van der Waals surface area contributed by atoms with Crippen molar-refractivity contribution in [1.82, 2.24) is 14.9 Å². The van der Waals surface area contributed by atoms with E-state index in [9.17, 15) is 4.79 Å². The summed E-state index contributed by atoms with van der Waals surface area (Å²) in [7, 11) is 1.43. The van der Waals surface area contributed by atoms with Crippen LogP contribution in [0.2, 0.25) is 0 Å². The Labute approximate surface area is 102 Å². The summed E-state index contributed by atoms with van der Waals surface area (Å²) in [6.07, 6.45) is 8.35. The molecule has 17 heavy (non-hydrogen) atoms. The van der Waals surface area contributed by atoms with Gasteiger partial charge in [0.1, 0.15) is 6.04 Å².